The highest BCUT2D eigenvalue weighted by Crippen LogP contribution is 2.29. The first-order valence-corrected chi connectivity index (χ1v) is 6.96. The van der Waals surface area contributed by atoms with Crippen molar-refractivity contribution in [2.45, 2.75) is 44.8 Å². The summed E-state index contributed by atoms with van der Waals surface area (Å²) < 4.78 is 11.0. The summed E-state index contributed by atoms with van der Waals surface area (Å²) in [5.41, 5.74) is 1.12. The predicted molar refractivity (Wildman–Crippen MR) is 78.3 cm³/mol. The van der Waals surface area contributed by atoms with E-state index in [1.807, 2.05) is 30.5 Å². The van der Waals surface area contributed by atoms with Crippen LogP contribution in [-0.2, 0) is 4.74 Å². The Balaban J connectivity index is 1.97. The van der Waals surface area contributed by atoms with Gasteiger partial charge in [0.1, 0.15) is 5.75 Å². The summed E-state index contributed by atoms with van der Waals surface area (Å²) in [7, 11) is 1.68. The molecule has 3 nitrogen and oxygen atoms in total. The molecule has 1 aliphatic heterocycles. The van der Waals surface area contributed by atoms with Crippen LogP contribution in [0.15, 0.2) is 29.3 Å². The molecule has 104 valence electrons. The lowest BCUT2D eigenvalue weighted by Gasteiger charge is -2.36. The second-order valence-electron chi connectivity index (χ2n) is 5.35. The Kier molecular flexibility index (Phi) is 4.59. The molecule has 0 aliphatic carbocycles. The van der Waals surface area contributed by atoms with E-state index in [0.29, 0.717) is 6.04 Å². The van der Waals surface area contributed by atoms with E-state index < -0.39 is 0 Å². The monoisotopic (exact) mass is 261 g/mol. The van der Waals surface area contributed by atoms with Gasteiger partial charge in [-0.25, -0.2) is 0 Å². The van der Waals surface area contributed by atoms with Crippen molar-refractivity contribution in [1.29, 1.82) is 0 Å². The molecule has 1 aromatic carbocycles. The molecule has 1 fully saturated rings. The first-order chi connectivity index (χ1) is 9.15. The van der Waals surface area contributed by atoms with Crippen molar-refractivity contribution < 1.29 is 9.47 Å². The molecule has 1 aliphatic rings. The van der Waals surface area contributed by atoms with Crippen LogP contribution in [0.2, 0.25) is 0 Å². The van der Waals surface area contributed by atoms with E-state index in [4.69, 9.17) is 14.5 Å². The van der Waals surface area contributed by atoms with Crippen molar-refractivity contribution in [3.8, 4) is 5.75 Å². The molecule has 2 rings (SSSR count). The maximum absolute atomic E-state index is 5.84. The van der Waals surface area contributed by atoms with Crippen LogP contribution in [0.5, 0.6) is 5.75 Å². The molecule has 0 aromatic heterocycles. The molecule has 3 heteroatoms. The van der Waals surface area contributed by atoms with Gasteiger partial charge in [-0.1, -0.05) is 6.92 Å². The summed E-state index contributed by atoms with van der Waals surface area (Å²) in [4.78, 5) is 4.71. The molecule has 0 radical (unpaired) electrons. The largest absolute Gasteiger partial charge is 0.497 e. The van der Waals surface area contributed by atoms with Gasteiger partial charge in [-0.3, -0.25) is 4.99 Å². The minimum absolute atomic E-state index is 0.000163. The molecular formula is C16H23NO2. The standard InChI is InChI=1S/C16H23NO2/c1-4-16(2)11-14(9-10-19-16)17-12-13-5-7-15(18-3)8-6-13/h5-8,12,14H,4,9-11H2,1-3H3/t14-,16+/m0/s1. The minimum atomic E-state index is 0.000163. The summed E-state index contributed by atoms with van der Waals surface area (Å²) in [5, 5.41) is 0. The Labute approximate surface area is 115 Å². The van der Waals surface area contributed by atoms with Crippen LogP contribution in [0.3, 0.4) is 0 Å². The number of ether oxygens (including phenoxy) is 2. The highest BCUT2D eigenvalue weighted by atomic mass is 16.5. The maximum Gasteiger partial charge on any atom is 0.118 e. The third-order valence-corrected chi connectivity index (χ3v) is 3.87. The third kappa shape index (κ3) is 3.80. The van der Waals surface area contributed by atoms with Crippen molar-refractivity contribution in [2.24, 2.45) is 4.99 Å². The molecule has 2 atom stereocenters. The normalized spacial score (nSPS) is 27.6. The molecule has 0 unspecified atom stereocenters. The number of nitrogens with zero attached hydrogens (tertiary/aromatic N) is 1. The van der Waals surface area contributed by atoms with Crippen molar-refractivity contribution in [3.05, 3.63) is 29.8 Å². The van der Waals surface area contributed by atoms with Gasteiger partial charge in [-0.15, -0.1) is 0 Å². The fourth-order valence-corrected chi connectivity index (χ4v) is 2.36. The Morgan fingerprint density at radius 2 is 2.16 bits per heavy atom. The molecule has 0 bridgehead atoms. The van der Waals surface area contributed by atoms with Gasteiger partial charge in [0.15, 0.2) is 0 Å². The van der Waals surface area contributed by atoms with E-state index in [0.717, 1.165) is 37.2 Å². The van der Waals surface area contributed by atoms with Gasteiger partial charge >= 0.3 is 0 Å². The highest BCUT2D eigenvalue weighted by Gasteiger charge is 2.31. The average molecular weight is 261 g/mol. The third-order valence-electron chi connectivity index (χ3n) is 3.87. The second kappa shape index (κ2) is 6.20. The number of methoxy groups -OCH3 is 1. The van der Waals surface area contributed by atoms with Gasteiger partial charge in [-0.05, 0) is 56.0 Å². The topological polar surface area (TPSA) is 30.8 Å². The van der Waals surface area contributed by atoms with E-state index in [9.17, 15) is 0 Å². The molecule has 1 saturated heterocycles. The van der Waals surface area contributed by atoms with Crippen LogP contribution in [0.1, 0.15) is 38.7 Å². The first kappa shape index (κ1) is 14.1. The number of hydrogen-bond acceptors (Lipinski definition) is 3. The zero-order valence-corrected chi connectivity index (χ0v) is 12.1. The van der Waals surface area contributed by atoms with Crippen LogP contribution in [-0.4, -0.2) is 31.6 Å². The summed E-state index contributed by atoms with van der Waals surface area (Å²) >= 11 is 0. The van der Waals surface area contributed by atoms with Crippen LogP contribution >= 0.6 is 0 Å². The van der Waals surface area contributed by atoms with Gasteiger partial charge in [0.2, 0.25) is 0 Å². The lowest BCUT2D eigenvalue weighted by molar-refractivity contribution is -0.0729. The minimum Gasteiger partial charge on any atom is -0.497 e. The van der Waals surface area contributed by atoms with E-state index in [2.05, 4.69) is 13.8 Å². The molecule has 0 amide bonds. The number of hydrogen-bond donors (Lipinski definition) is 0. The zero-order chi connectivity index (χ0) is 13.7. The summed E-state index contributed by atoms with van der Waals surface area (Å²) in [6, 6.07) is 8.35. The highest BCUT2D eigenvalue weighted by molar-refractivity contribution is 5.79. The van der Waals surface area contributed by atoms with Crippen molar-refractivity contribution in [1.82, 2.24) is 0 Å². The van der Waals surface area contributed by atoms with Crippen LogP contribution in [0.25, 0.3) is 0 Å². The fourth-order valence-electron chi connectivity index (χ4n) is 2.36. The summed E-state index contributed by atoms with van der Waals surface area (Å²) in [6.07, 6.45) is 5.03. The predicted octanol–water partition coefficient (Wildman–Crippen LogP) is 3.46. The summed E-state index contributed by atoms with van der Waals surface area (Å²) in [5.74, 6) is 0.877. The molecular weight excluding hydrogens is 238 g/mol. The van der Waals surface area contributed by atoms with E-state index in [1.165, 1.54) is 0 Å². The summed E-state index contributed by atoms with van der Waals surface area (Å²) in [6.45, 7) is 5.17. The lowest BCUT2D eigenvalue weighted by atomic mass is 9.90. The van der Waals surface area contributed by atoms with Crippen molar-refractivity contribution >= 4 is 6.21 Å². The molecule has 0 saturated carbocycles. The fraction of sp³-hybridized carbons (Fsp3) is 0.562. The molecule has 19 heavy (non-hydrogen) atoms. The second-order valence-corrected chi connectivity index (χ2v) is 5.35. The number of rotatable bonds is 4. The van der Waals surface area contributed by atoms with Crippen molar-refractivity contribution in [2.75, 3.05) is 13.7 Å². The van der Waals surface area contributed by atoms with Gasteiger partial charge in [0.25, 0.3) is 0 Å². The Bertz CT molecular complexity index is 427. The Hall–Kier alpha value is -1.35. The zero-order valence-electron chi connectivity index (χ0n) is 12.1. The van der Waals surface area contributed by atoms with Crippen LogP contribution in [0.4, 0.5) is 0 Å². The SMILES string of the molecule is CC[C@]1(C)C[C@@H](N=Cc2ccc(OC)cc2)CCO1. The van der Waals surface area contributed by atoms with E-state index >= 15 is 0 Å². The van der Waals surface area contributed by atoms with Gasteiger partial charge < -0.3 is 9.47 Å². The lowest BCUT2D eigenvalue weighted by Crippen LogP contribution is -2.38. The smallest absolute Gasteiger partial charge is 0.118 e. The Morgan fingerprint density at radius 3 is 2.79 bits per heavy atom. The molecule has 0 spiro atoms. The van der Waals surface area contributed by atoms with Crippen LogP contribution in [0, 0.1) is 0 Å². The van der Waals surface area contributed by atoms with E-state index in [1.54, 1.807) is 7.11 Å². The van der Waals surface area contributed by atoms with Crippen molar-refractivity contribution in [3.63, 3.8) is 0 Å². The average Bonchev–Trinajstić information content (AvgIpc) is 2.46. The van der Waals surface area contributed by atoms with Gasteiger partial charge in [0.05, 0.1) is 18.8 Å². The van der Waals surface area contributed by atoms with E-state index in [-0.39, 0.29) is 5.60 Å². The maximum atomic E-state index is 5.84. The van der Waals surface area contributed by atoms with Gasteiger partial charge in [-0.2, -0.15) is 0 Å². The number of aliphatic imine (C=N–C) groups is 1. The number of benzene rings is 1. The molecule has 1 heterocycles. The molecule has 0 N–H and O–H groups in total. The van der Waals surface area contributed by atoms with Crippen LogP contribution < -0.4 is 4.74 Å². The Morgan fingerprint density at radius 1 is 1.42 bits per heavy atom. The first-order valence-electron chi connectivity index (χ1n) is 6.96. The molecule has 1 aromatic rings. The quantitative estimate of drug-likeness (QED) is 0.777. The van der Waals surface area contributed by atoms with Gasteiger partial charge in [0, 0.05) is 12.8 Å².